The largest absolute Gasteiger partial charge is 0.489 e. The molecule has 202 valence electrons. The average Bonchev–Trinajstić information content (AvgIpc) is 3.35. The normalized spacial score (nSPS) is 17.3. The van der Waals surface area contributed by atoms with E-state index in [1.165, 1.54) is 23.3 Å². The molecule has 39 heavy (non-hydrogen) atoms. The molecule has 1 unspecified atom stereocenters. The molecule has 5 rings (SSSR count). The van der Waals surface area contributed by atoms with Crippen LogP contribution in [-0.2, 0) is 13.0 Å². The molecule has 1 aromatic heterocycles. The summed E-state index contributed by atoms with van der Waals surface area (Å²) in [6, 6.07) is 20.5. The Morgan fingerprint density at radius 2 is 2.00 bits per heavy atom. The number of allylic oxidation sites excluding steroid dienone is 2. The van der Waals surface area contributed by atoms with E-state index >= 15 is 0 Å². The Morgan fingerprint density at radius 3 is 2.85 bits per heavy atom. The van der Waals surface area contributed by atoms with E-state index in [-0.39, 0.29) is 11.4 Å². The molecule has 0 spiro atoms. The molecule has 0 radical (unpaired) electrons. The van der Waals surface area contributed by atoms with Gasteiger partial charge in [0.15, 0.2) is 0 Å². The molecule has 4 aromatic rings. The van der Waals surface area contributed by atoms with Gasteiger partial charge in [-0.05, 0) is 106 Å². The predicted molar refractivity (Wildman–Crippen MR) is 158 cm³/mol. The van der Waals surface area contributed by atoms with Crippen LogP contribution in [-0.4, -0.2) is 16.8 Å². The topological polar surface area (TPSA) is 55.7 Å². The van der Waals surface area contributed by atoms with Crippen LogP contribution in [0.1, 0.15) is 57.1 Å². The van der Waals surface area contributed by atoms with Crippen LogP contribution in [0.5, 0.6) is 11.5 Å². The summed E-state index contributed by atoms with van der Waals surface area (Å²) in [7, 11) is 0. The predicted octanol–water partition coefficient (Wildman–Crippen LogP) is 8.70. The highest BCUT2D eigenvalue weighted by Crippen LogP contribution is 2.38. The van der Waals surface area contributed by atoms with E-state index < -0.39 is 0 Å². The quantitative estimate of drug-likeness (QED) is 0.117. The fourth-order valence-corrected chi connectivity index (χ4v) is 5.50. The number of thiazole rings is 1. The maximum Gasteiger partial charge on any atom is 0.204 e. The maximum atomic E-state index is 13.1. The number of hydrogen-bond donors (Lipinski definition) is 1. The first-order chi connectivity index (χ1) is 19.0. The molecule has 1 N–H and O–H groups in total. The second-order valence-electron chi connectivity index (χ2n) is 10.3. The number of rotatable bonds is 11. The monoisotopic (exact) mass is 543 g/mol. The van der Waals surface area contributed by atoms with E-state index in [2.05, 4.69) is 47.6 Å². The van der Waals surface area contributed by atoms with E-state index in [9.17, 15) is 4.39 Å². The molecule has 7 heteroatoms. The molecule has 1 atom stereocenters. The van der Waals surface area contributed by atoms with Crippen LogP contribution in [0.4, 0.5) is 9.52 Å². The van der Waals surface area contributed by atoms with Crippen molar-refractivity contribution in [3.8, 4) is 11.5 Å². The van der Waals surface area contributed by atoms with Gasteiger partial charge in [-0.1, -0.05) is 47.3 Å². The second kappa shape index (κ2) is 12.4. The van der Waals surface area contributed by atoms with Gasteiger partial charge in [0.2, 0.25) is 5.13 Å². The Bertz CT molecular complexity index is 1430. The van der Waals surface area contributed by atoms with E-state index in [0.717, 1.165) is 70.9 Å². The van der Waals surface area contributed by atoms with E-state index in [1.807, 2.05) is 36.5 Å². The lowest BCUT2D eigenvalue weighted by molar-refractivity contribution is 0.0570. The third-order valence-electron chi connectivity index (χ3n) is 7.01. The van der Waals surface area contributed by atoms with E-state index in [4.69, 9.17) is 9.47 Å². The molecule has 0 bridgehead atoms. The van der Waals surface area contributed by atoms with Crippen molar-refractivity contribution in [3.63, 3.8) is 0 Å². The number of anilines is 1. The van der Waals surface area contributed by atoms with Gasteiger partial charge >= 0.3 is 0 Å². The van der Waals surface area contributed by atoms with Gasteiger partial charge < -0.3 is 9.47 Å². The van der Waals surface area contributed by atoms with Crippen molar-refractivity contribution < 1.29 is 13.9 Å². The second-order valence-corrected chi connectivity index (χ2v) is 11.3. The summed E-state index contributed by atoms with van der Waals surface area (Å²) in [5, 5.41) is 5.15. The van der Waals surface area contributed by atoms with Gasteiger partial charge in [-0.3, -0.25) is 5.43 Å². The van der Waals surface area contributed by atoms with Crippen LogP contribution in [0.25, 0.3) is 10.2 Å². The lowest BCUT2D eigenvalue weighted by Gasteiger charge is -2.36. The molecule has 0 saturated heterocycles. The molecule has 2 heterocycles. The molecule has 0 fully saturated rings. The molecule has 0 aliphatic carbocycles. The fourth-order valence-electron chi connectivity index (χ4n) is 4.68. The number of nitrogens with one attached hydrogen (secondary N) is 1. The minimum atomic E-state index is -0.238. The maximum absolute atomic E-state index is 13.1. The standard InChI is InChI=1S/C32H34FN3O2S/c1-23(8-6-20-34-36-31-35-28-9-3-4-10-30(28)39-31)7-5-18-32(2)19-17-25-21-27(15-16-29(25)38-32)37-22-24-11-13-26(33)14-12-24/h3-4,7,9-16,20-21H,5-6,8,17-19,22H2,1-2H3,(H,35,36)/b23-7+,34-20+. The highest BCUT2D eigenvalue weighted by Gasteiger charge is 2.31. The van der Waals surface area contributed by atoms with Gasteiger partial charge in [-0.25, -0.2) is 9.37 Å². The zero-order valence-corrected chi connectivity index (χ0v) is 23.3. The molecule has 0 saturated carbocycles. The SMILES string of the molecule is C/C(=C\CCC1(C)CCc2cc(OCc3ccc(F)cc3)ccc2O1)CC/C=N/Nc1nc2ccccc2s1. The molecule has 5 nitrogen and oxygen atoms in total. The number of fused-ring (bicyclic) bond motifs is 2. The van der Waals surface area contributed by atoms with Crippen molar-refractivity contribution in [2.24, 2.45) is 5.10 Å². The van der Waals surface area contributed by atoms with Gasteiger partial charge in [-0.2, -0.15) is 5.10 Å². The number of nitrogens with zero attached hydrogens (tertiary/aromatic N) is 2. The van der Waals surface area contributed by atoms with Crippen LogP contribution in [0.15, 0.2) is 83.5 Å². The van der Waals surface area contributed by atoms with Gasteiger partial charge in [-0.15, -0.1) is 0 Å². The van der Waals surface area contributed by atoms with Crippen LogP contribution in [0.3, 0.4) is 0 Å². The Balaban J connectivity index is 1.04. The third kappa shape index (κ3) is 7.45. The van der Waals surface area contributed by atoms with Crippen molar-refractivity contribution in [1.82, 2.24) is 4.98 Å². The number of aryl methyl sites for hydroxylation is 1. The summed E-state index contributed by atoms with van der Waals surface area (Å²) in [6.07, 6.45) is 9.99. The fraction of sp³-hybridized carbons (Fsp3) is 0.312. The number of aromatic nitrogens is 1. The van der Waals surface area contributed by atoms with Crippen LogP contribution in [0, 0.1) is 5.82 Å². The van der Waals surface area contributed by atoms with Gasteiger partial charge in [0.05, 0.1) is 10.2 Å². The number of hydrogen-bond acceptors (Lipinski definition) is 6. The Kier molecular flexibility index (Phi) is 8.57. The molecule has 0 amide bonds. The first kappa shape index (κ1) is 26.9. The van der Waals surface area contributed by atoms with Gasteiger partial charge in [0, 0.05) is 6.21 Å². The first-order valence-electron chi connectivity index (χ1n) is 13.4. The van der Waals surface area contributed by atoms with Gasteiger partial charge in [0.25, 0.3) is 0 Å². The summed E-state index contributed by atoms with van der Waals surface area (Å²) >= 11 is 1.61. The molecule has 1 aliphatic heterocycles. The van der Waals surface area contributed by atoms with Crippen molar-refractivity contribution in [3.05, 3.63) is 95.3 Å². The number of halogens is 1. The number of benzene rings is 3. The lowest BCUT2D eigenvalue weighted by Crippen LogP contribution is -2.36. The van der Waals surface area contributed by atoms with Gasteiger partial charge in [0.1, 0.15) is 29.5 Å². The van der Waals surface area contributed by atoms with E-state index in [0.29, 0.717) is 6.61 Å². The summed E-state index contributed by atoms with van der Waals surface area (Å²) in [6.45, 7) is 4.80. The highest BCUT2D eigenvalue weighted by atomic mass is 32.1. The third-order valence-corrected chi connectivity index (χ3v) is 7.95. The molecule has 1 aliphatic rings. The summed E-state index contributed by atoms with van der Waals surface area (Å²) < 4.78 is 26.6. The zero-order valence-electron chi connectivity index (χ0n) is 22.5. The molecular weight excluding hydrogens is 509 g/mol. The number of para-hydroxylation sites is 1. The molecule has 3 aromatic carbocycles. The van der Waals surface area contributed by atoms with Crippen molar-refractivity contribution >= 4 is 32.9 Å². The van der Waals surface area contributed by atoms with E-state index in [1.54, 1.807) is 23.5 Å². The average molecular weight is 544 g/mol. The smallest absolute Gasteiger partial charge is 0.204 e. The van der Waals surface area contributed by atoms with Crippen LogP contribution in [0.2, 0.25) is 0 Å². The van der Waals surface area contributed by atoms with Crippen LogP contribution < -0.4 is 14.9 Å². The number of ether oxygens (including phenoxy) is 2. The minimum absolute atomic E-state index is 0.178. The van der Waals surface area contributed by atoms with Crippen molar-refractivity contribution in [2.75, 3.05) is 5.43 Å². The minimum Gasteiger partial charge on any atom is -0.489 e. The summed E-state index contributed by atoms with van der Waals surface area (Å²) in [4.78, 5) is 4.53. The lowest BCUT2D eigenvalue weighted by atomic mass is 9.88. The Morgan fingerprint density at radius 1 is 1.15 bits per heavy atom. The van der Waals surface area contributed by atoms with Crippen molar-refractivity contribution in [1.29, 1.82) is 0 Å². The first-order valence-corrected chi connectivity index (χ1v) is 14.3. The zero-order chi connectivity index (χ0) is 27.1. The Labute approximate surface area is 233 Å². The summed E-state index contributed by atoms with van der Waals surface area (Å²) in [5.74, 6) is 1.51. The van der Waals surface area contributed by atoms with Crippen molar-refractivity contribution in [2.45, 2.75) is 64.6 Å². The highest BCUT2D eigenvalue weighted by molar-refractivity contribution is 7.22. The summed E-state index contributed by atoms with van der Waals surface area (Å²) in [5.41, 5.74) is 7.35. The number of hydrazone groups is 1. The van der Waals surface area contributed by atoms with Crippen LogP contribution >= 0.6 is 11.3 Å². The molecular formula is C32H34FN3O2S. The Hall–Kier alpha value is -3.71.